The third kappa shape index (κ3) is 7.05. The van der Waals surface area contributed by atoms with Gasteiger partial charge in [0.2, 0.25) is 17.7 Å². The molecule has 1 aliphatic rings. The van der Waals surface area contributed by atoms with Crippen molar-refractivity contribution in [2.24, 2.45) is 11.7 Å². The first kappa shape index (κ1) is 25.3. The summed E-state index contributed by atoms with van der Waals surface area (Å²) in [7, 11) is 0. The van der Waals surface area contributed by atoms with Gasteiger partial charge in [0.1, 0.15) is 18.1 Å². The van der Waals surface area contributed by atoms with Crippen LogP contribution in [0.3, 0.4) is 0 Å². The normalized spacial score (nSPS) is 18.7. The number of rotatable bonds is 10. The van der Waals surface area contributed by atoms with Crippen LogP contribution in [-0.2, 0) is 25.6 Å². The van der Waals surface area contributed by atoms with Crippen LogP contribution in [0.2, 0.25) is 0 Å². The summed E-state index contributed by atoms with van der Waals surface area (Å²) in [5.74, 6) is -2.33. The highest BCUT2D eigenvalue weighted by Gasteiger charge is 2.38. The molecule has 1 aromatic rings. The minimum Gasteiger partial charge on any atom is -0.480 e. The van der Waals surface area contributed by atoms with E-state index in [1.165, 1.54) is 11.8 Å². The number of carbonyl (C=O) groups is 4. The van der Waals surface area contributed by atoms with Crippen molar-refractivity contribution in [2.75, 3.05) is 6.54 Å². The summed E-state index contributed by atoms with van der Waals surface area (Å²) in [6.45, 7) is 5.70. The predicted molar refractivity (Wildman–Crippen MR) is 119 cm³/mol. The third-order valence-electron chi connectivity index (χ3n) is 5.47. The number of hydrogen-bond acceptors (Lipinski definition) is 5. The van der Waals surface area contributed by atoms with E-state index in [0.717, 1.165) is 5.56 Å². The molecule has 0 bridgehead atoms. The molecule has 1 aromatic carbocycles. The number of carboxylic acid groups (broad SMARTS) is 1. The summed E-state index contributed by atoms with van der Waals surface area (Å²) in [6.07, 6.45) is 1.56. The van der Waals surface area contributed by atoms with Gasteiger partial charge in [-0.15, -0.1) is 0 Å². The second-order valence-corrected chi connectivity index (χ2v) is 8.76. The lowest BCUT2D eigenvalue weighted by Gasteiger charge is -2.29. The third-order valence-corrected chi connectivity index (χ3v) is 5.47. The van der Waals surface area contributed by atoms with Crippen molar-refractivity contribution in [1.82, 2.24) is 15.5 Å². The van der Waals surface area contributed by atoms with Gasteiger partial charge in [0.05, 0.1) is 6.04 Å². The number of nitrogens with zero attached hydrogens (tertiary/aromatic N) is 1. The van der Waals surface area contributed by atoms with E-state index in [-0.39, 0.29) is 12.3 Å². The molecule has 2 rings (SSSR count). The molecule has 1 heterocycles. The first-order valence-electron chi connectivity index (χ1n) is 11.0. The second kappa shape index (κ2) is 11.6. The molecule has 0 spiro atoms. The van der Waals surface area contributed by atoms with Crippen LogP contribution >= 0.6 is 0 Å². The molecule has 3 amide bonds. The summed E-state index contributed by atoms with van der Waals surface area (Å²) in [4.78, 5) is 51.5. The first-order valence-corrected chi connectivity index (χ1v) is 11.0. The van der Waals surface area contributed by atoms with Gasteiger partial charge in [-0.2, -0.15) is 0 Å². The van der Waals surface area contributed by atoms with E-state index < -0.39 is 47.9 Å². The SMILES string of the molecule is CC(C)CC(NC(=O)C(C)N)C(=O)NC(Cc1ccccc1)C(=O)N1CCCC1C(=O)O. The molecule has 9 heteroatoms. The molecule has 1 saturated heterocycles. The number of carboxylic acids is 1. The predicted octanol–water partition coefficient (Wildman–Crippen LogP) is 0.668. The van der Waals surface area contributed by atoms with Gasteiger partial charge in [-0.1, -0.05) is 44.2 Å². The van der Waals surface area contributed by atoms with Crippen molar-refractivity contribution in [3.8, 4) is 0 Å². The van der Waals surface area contributed by atoms with Crippen LogP contribution in [0.1, 0.15) is 45.6 Å². The van der Waals surface area contributed by atoms with E-state index in [0.29, 0.717) is 25.8 Å². The second-order valence-electron chi connectivity index (χ2n) is 8.76. The number of carbonyl (C=O) groups excluding carboxylic acids is 3. The Bertz CT molecular complexity index is 812. The molecule has 5 N–H and O–H groups in total. The number of hydrogen-bond donors (Lipinski definition) is 4. The fourth-order valence-electron chi connectivity index (χ4n) is 3.82. The van der Waals surface area contributed by atoms with E-state index in [1.54, 1.807) is 0 Å². The van der Waals surface area contributed by atoms with Crippen LogP contribution in [0.5, 0.6) is 0 Å². The Kier molecular flexibility index (Phi) is 9.19. The fourth-order valence-corrected chi connectivity index (χ4v) is 3.82. The molecule has 4 atom stereocenters. The molecular weight excluding hydrogens is 412 g/mol. The maximum Gasteiger partial charge on any atom is 0.326 e. The Morgan fingerprint density at radius 2 is 1.69 bits per heavy atom. The molecule has 176 valence electrons. The van der Waals surface area contributed by atoms with E-state index >= 15 is 0 Å². The fraction of sp³-hybridized carbons (Fsp3) is 0.565. The van der Waals surface area contributed by atoms with Gasteiger partial charge < -0.3 is 26.4 Å². The summed E-state index contributed by atoms with van der Waals surface area (Å²) in [5.41, 5.74) is 6.46. The molecular formula is C23H34N4O5. The maximum atomic E-state index is 13.3. The van der Waals surface area contributed by atoms with Gasteiger partial charge in [0, 0.05) is 13.0 Å². The number of amides is 3. The zero-order valence-electron chi connectivity index (χ0n) is 18.9. The number of nitrogens with one attached hydrogen (secondary N) is 2. The lowest BCUT2D eigenvalue weighted by atomic mass is 10.0. The minimum atomic E-state index is -1.05. The zero-order chi connectivity index (χ0) is 23.8. The van der Waals surface area contributed by atoms with Crippen LogP contribution in [0, 0.1) is 5.92 Å². The van der Waals surface area contributed by atoms with Gasteiger partial charge in [-0.05, 0) is 37.7 Å². The Morgan fingerprint density at radius 1 is 1.06 bits per heavy atom. The van der Waals surface area contributed by atoms with E-state index in [2.05, 4.69) is 10.6 Å². The molecule has 4 unspecified atom stereocenters. The smallest absolute Gasteiger partial charge is 0.326 e. The minimum absolute atomic E-state index is 0.109. The molecule has 0 radical (unpaired) electrons. The Balaban J connectivity index is 2.25. The standard InChI is InChI=1S/C23H34N4O5/c1-14(2)12-17(25-20(28)15(3)24)21(29)26-18(13-16-8-5-4-6-9-16)22(30)27-11-7-10-19(27)23(31)32/h4-6,8-9,14-15,17-19H,7,10-13,24H2,1-3H3,(H,25,28)(H,26,29)(H,31,32). The van der Waals surface area contributed by atoms with Crippen molar-refractivity contribution >= 4 is 23.7 Å². The Hall–Kier alpha value is -2.94. The van der Waals surface area contributed by atoms with Gasteiger partial charge in [0.25, 0.3) is 0 Å². The van der Waals surface area contributed by atoms with E-state index in [1.807, 2.05) is 44.2 Å². The van der Waals surface area contributed by atoms with Crippen molar-refractivity contribution < 1.29 is 24.3 Å². The average Bonchev–Trinajstić information content (AvgIpc) is 3.22. The van der Waals surface area contributed by atoms with Gasteiger partial charge in [0.15, 0.2) is 0 Å². The summed E-state index contributed by atoms with van der Waals surface area (Å²) >= 11 is 0. The van der Waals surface area contributed by atoms with E-state index in [9.17, 15) is 24.3 Å². The van der Waals surface area contributed by atoms with Crippen molar-refractivity contribution in [2.45, 2.75) is 70.6 Å². The molecule has 1 fully saturated rings. The topological polar surface area (TPSA) is 142 Å². The van der Waals surface area contributed by atoms with Gasteiger partial charge in [-0.3, -0.25) is 14.4 Å². The molecule has 32 heavy (non-hydrogen) atoms. The van der Waals surface area contributed by atoms with Crippen molar-refractivity contribution in [3.05, 3.63) is 35.9 Å². The first-order chi connectivity index (χ1) is 15.1. The Morgan fingerprint density at radius 3 is 2.25 bits per heavy atom. The van der Waals surface area contributed by atoms with Gasteiger partial charge in [-0.25, -0.2) is 4.79 Å². The van der Waals surface area contributed by atoms with Crippen molar-refractivity contribution in [1.29, 1.82) is 0 Å². The van der Waals surface area contributed by atoms with Crippen molar-refractivity contribution in [3.63, 3.8) is 0 Å². The Labute approximate surface area is 188 Å². The largest absolute Gasteiger partial charge is 0.480 e. The lowest BCUT2D eigenvalue weighted by Crippen LogP contribution is -2.57. The quantitative estimate of drug-likeness (QED) is 0.416. The molecule has 0 saturated carbocycles. The number of aliphatic carboxylic acids is 1. The number of likely N-dealkylation sites (tertiary alicyclic amines) is 1. The van der Waals surface area contributed by atoms with Gasteiger partial charge >= 0.3 is 5.97 Å². The van der Waals surface area contributed by atoms with Crippen LogP contribution in [-0.4, -0.2) is 64.4 Å². The maximum absolute atomic E-state index is 13.3. The van der Waals surface area contributed by atoms with Crippen LogP contribution in [0.4, 0.5) is 0 Å². The number of benzene rings is 1. The molecule has 9 nitrogen and oxygen atoms in total. The van der Waals surface area contributed by atoms with E-state index in [4.69, 9.17) is 5.73 Å². The molecule has 0 aromatic heterocycles. The van der Waals surface area contributed by atoms with Crippen LogP contribution in [0.25, 0.3) is 0 Å². The summed E-state index contributed by atoms with van der Waals surface area (Å²) in [6, 6.07) is 5.71. The monoisotopic (exact) mass is 446 g/mol. The highest BCUT2D eigenvalue weighted by molar-refractivity contribution is 5.94. The lowest BCUT2D eigenvalue weighted by molar-refractivity contribution is -0.149. The summed E-state index contributed by atoms with van der Waals surface area (Å²) < 4.78 is 0. The highest BCUT2D eigenvalue weighted by Crippen LogP contribution is 2.20. The van der Waals surface area contributed by atoms with Crippen LogP contribution in [0.15, 0.2) is 30.3 Å². The average molecular weight is 447 g/mol. The van der Waals surface area contributed by atoms with Crippen LogP contribution < -0.4 is 16.4 Å². The molecule has 1 aliphatic heterocycles. The highest BCUT2D eigenvalue weighted by atomic mass is 16.4. The zero-order valence-corrected chi connectivity index (χ0v) is 18.9. The molecule has 0 aliphatic carbocycles. The number of nitrogens with two attached hydrogens (primary N) is 1. The summed E-state index contributed by atoms with van der Waals surface area (Å²) in [5, 5.41) is 14.9.